The van der Waals surface area contributed by atoms with Gasteiger partial charge in [0.1, 0.15) is 0 Å². The van der Waals surface area contributed by atoms with Crippen LogP contribution in [0.3, 0.4) is 0 Å². The molecule has 0 spiro atoms. The highest BCUT2D eigenvalue weighted by Gasteiger charge is 2.19. The van der Waals surface area contributed by atoms with E-state index in [9.17, 15) is 20.1 Å². The summed E-state index contributed by atoms with van der Waals surface area (Å²) in [4.78, 5) is 12.2. The molecule has 35 heavy (non-hydrogen) atoms. The molecule has 3 atom stereocenters. The fourth-order valence-electron chi connectivity index (χ4n) is 3.88. The largest absolute Gasteiger partial charge is 0.394 e. The molecule has 5 nitrogen and oxygen atoms in total. The minimum atomic E-state index is -0.958. The van der Waals surface area contributed by atoms with Crippen LogP contribution >= 0.6 is 0 Å². The van der Waals surface area contributed by atoms with E-state index in [1.807, 2.05) is 12.2 Å². The van der Waals surface area contributed by atoms with Crippen molar-refractivity contribution in [1.29, 1.82) is 0 Å². The molecule has 0 rings (SSSR count). The van der Waals surface area contributed by atoms with Crippen molar-refractivity contribution in [3.63, 3.8) is 0 Å². The van der Waals surface area contributed by atoms with Crippen molar-refractivity contribution < 1.29 is 20.1 Å². The Labute approximate surface area is 215 Å². The summed E-state index contributed by atoms with van der Waals surface area (Å²) < 4.78 is 0. The van der Waals surface area contributed by atoms with Crippen molar-refractivity contribution in [3.05, 3.63) is 36.5 Å². The summed E-state index contributed by atoms with van der Waals surface area (Å²) in [7, 11) is 0. The summed E-state index contributed by atoms with van der Waals surface area (Å²) in [6.45, 7) is 4.07. The minimum absolute atomic E-state index is 0.0450. The van der Waals surface area contributed by atoms with Crippen molar-refractivity contribution in [2.75, 3.05) is 6.61 Å². The number of aliphatic hydroxyl groups is 3. The average molecular weight is 494 g/mol. The third-order valence-electron chi connectivity index (χ3n) is 6.15. The second kappa shape index (κ2) is 25.7. The van der Waals surface area contributed by atoms with Crippen molar-refractivity contribution in [2.24, 2.45) is 0 Å². The first-order valence-corrected chi connectivity index (χ1v) is 14.3. The Morgan fingerprint density at radius 3 is 1.86 bits per heavy atom. The molecule has 0 aromatic carbocycles. The molecule has 0 aliphatic heterocycles. The van der Waals surface area contributed by atoms with Crippen LogP contribution in [-0.4, -0.2) is 46.1 Å². The number of amides is 1. The number of hydrogen-bond acceptors (Lipinski definition) is 4. The Balaban J connectivity index is 3.97. The molecule has 1 amide bonds. The maximum Gasteiger partial charge on any atom is 0.223 e. The molecule has 3 unspecified atom stereocenters. The van der Waals surface area contributed by atoms with Crippen molar-refractivity contribution >= 4 is 5.91 Å². The maximum absolute atomic E-state index is 12.2. The summed E-state index contributed by atoms with van der Waals surface area (Å²) in [6.07, 6.45) is 28.5. The third-order valence-corrected chi connectivity index (χ3v) is 6.15. The molecule has 0 aromatic rings. The van der Waals surface area contributed by atoms with Gasteiger partial charge in [0.15, 0.2) is 0 Å². The minimum Gasteiger partial charge on any atom is -0.394 e. The summed E-state index contributed by atoms with van der Waals surface area (Å²) in [5, 5.41) is 32.5. The van der Waals surface area contributed by atoms with Gasteiger partial charge in [0, 0.05) is 0 Å². The Hall–Kier alpha value is -1.43. The monoisotopic (exact) mass is 493 g/mol. The Bertz CT molecular complexity index is 559. The van der Waals surface area contributed by atoms with Gasteiger partial charge in [-0.05, 0) is 44.9 Å². The number of carbonyl (C=O) groups excluding carboxylic acids is 1. The van der Waals surface area contributed by atoms with E-state index in [-0.39, 0.29) is 18.9 Å². The van der Waals surface area contributed by atoms with Gasteiger partial charge in [-0.15, -0.1) is 0 Å². The third kappa shape index (κ3) is 22.8. The molecular weight excluding hydrogens is 438 g/mol. The fourth-order valence-corrected chi connectivity index (χ4v) is 3.88. The van der Waals surface area contributed by atoms with Crippen LogP contribution in [0.4, 0.5) is 0 Å². The first-order chi connectivity index (χ1) is 17.0. The van der Waals surface area contributed by atoms with Gasteiger partial charge in [0.05, 0.1) is 31.3 Å². The van der Waals surface area contributed by atoms with E-state index in [2.05, 4.69) is 37.4 Å². The molecule has 0 saturated heterocycles. The van der Waals surface area contributed by atoms with E-state index in [0.717, 1.165) is 32.1 Å². The number of rotatable bonds is 24. The highest BCUT2D eigenvalue weighted by atomic mass is 16.3. The molecule has 0 aliphatic rings. The van der Waals surface area contributed by atoms with E-state index < -0.39 is 18.2 Å². The van der Waals surface area contributed by atoms with E-state index >= 15 is 0 Å². The zero-order valence-electron chi connectivity index (χ0n) is 22.7. The van der Waals surface area contributed by atoms with Gasteiger partial charge in [-0.2, -0.15) is 0 Å². The number of allylic oxidation sites excluding steroid dienone is 4. The number of hydrogen-bond donors (Lipinski definition) is 4. The van der Waals surface area contributed by atoms with Crippen LogP contribution in [-0.2, 0) is 4.79 Å². The van der Waals surface area contributed by atoms with Gasteiger partial charge < -0.3 is 20.6 Å². The first kappa shape index (κ1) is 33.6. The molecule has 0 aromatic heterocycles. The second-order valence-corrected chi connectivity index (χ2v) is 9.65. The molecule has 0 saturated carbocycles. The van der Waals surface area contributed by atoms with Crippen LogP contribution in [0, 0.1) is 0 Å². The van der Waals surface area contributed by atoms with Gasteiger partial charge in [0.25, 0.3) is 0 Å². The molecule has 0 radical (unpaired) electrons. The summed E-state index contributed by atoms with van der Waals surface area (Å²) in [5.41, 5.74) is 0. The fraction of sp³-hybridized carbons (Fsp3) is 0.767. The molecule has 0 aliphatic carbocycles. The Morgan fingerprint density at radius 1 is 0.714 bits per heavy atom. The quantitative estimate of drug-likeness (QED) is 0.0909. The number of carbonyl (C=O) groups is 1. The maximum atomic E-state index is 12.2. The van der Waals surface area contributed by atoms with E-state index in [1.165, 1.54) is 64.2 Å². The van der Waals surface area contributed by atoms with Crippen LogP contribution in [0.25, 0.3) is 0 Å². The lowest BCUT2D eigenvalue weighted by molar-refractivity contribution is -0.124. The molecular formula is C30H55NO4. The van der Waals surface area contributed by atoms with Crippen LogP contribution in [0.2, 0.25) is 0 Å². The lowest BCUT2D eigenvalue weighted by Crippen LogP contribution is -2.45. The molecule has 204 valence electrons. The summed E-state index contributed by atoms with van der Waals surface area (Å²) in [5.74, 6) is -0.367. The number of unbranched alkanes of at least 4 members (excludes halogenated alkanes) is 12. The average Bonchev–Trinajstić information content (AvgIpc) is 2.84. The smallest absolute Gasteiger partial charge is 0.223 e. The first-order valence-electron chi connectivity index (χ1n) is 14.3. The van der Waals surface area contributed by atoms with Crippen molar-refractivity contribution in [1.82, 2.24) is 5.32 Å². The number of nitrogens with one attached hydrogen (secondary N) is 1. The normalized spacial score (nSPS) is 14.8. The molecule has 5 heteroatoms. The van der Waals surface area contributed by atoms with Gasteiger partial charge in [-0.25, -0.2) is 0 Å². The van der Waals surface area contributed by atoms with Crippen molar-refractivity contribution in [2.45, 2.75) is 141 Å². The van der Waals surface area contributed by atoms with E-state index in [1.54, 1.807) is 6.08 Å². The lowest BCUT2D eigenvalue weighted by atomic mass is 10.1. The SMILES string of the molecule is CCCCCC/C=C\CC(O)CC(=O)NC(CO)C(O)/C=C/CC/C=C/CCCCCCCCC. The predicted octanol–water partition coefficient (Wildman–Crippen LogP) is 6.53. The second-order valence-electron chi connectivity index (χ2n) is 9.65. The molecule has 0 heterocycles. The van der Waals surface area contributed by atoms with Gasteiger partial charge in [-0.1, -0.05) is 108 Å². The van der Waals surface area contributed by atoms with Crippen LogP contribution < -0.4 is 5.32 Å². The van der Waals surface area contributed by atoms with Crippen LogP contribution in [0.15, 0.2) is 36.5 Å². The summed E-state index contributed by atoms with van der Waals surface area (Å²) >= 11 is 0. The van der Waals surface area contributed by atoms with Gasteiger partial charge in [0.2, 0.25) is 5.91 Å². The van der Waals surface area contributed by atoms with Gasteiger partial charge in [-0.3, -0.25) is 4.79 Å². The highest BCUT2D eigenvalue weighted by Crippen LogP contribution is 2.09. The lowest BCUT2D eigenvalue weighted by Gasteiger charge is -2.20. The van der Waals surface area contributed by atoms with Crippen LogP contribution in [0.5, 0.6) is 0 Å². The molecule has 0 fully saturated rings. The Morgan fingerprint density at radius 2 is 1.23 bits per heavy atom. The van der Waals surface area contributed by atoms with Crippen LogP contribution in [0.1, 0.15) is 123 Å². The van der Waals surface area contributed by atoms with Crippen molar-refractivity contribution in [3.8, 4) is 0 Å². The predicted molar refractivity (Wildman–Crippen MR) is 148 cm³/mol. The van der Waals surface area contributed by atoms with E-state index in [4.69, 9.17) is 0 Å². The van der Waals surface area contributed by atoms with Gasteiger partial charge >= 0.3 is 0 Å². The number of aliphatic hydroxyl groups excluding tert-OH is 3. The highest BCUT2D eigenvalue weighted by molar-refractivity contribution is 5.76. The topological polar surface area (TPSA) is 89.8 Å². The summed E-state index contributed by atoms with van der Waals surface area (Å²) in [6, 6.07) is -0.770. The molecule has 4 N–H and O–H groups in total. The standard InChI is InChI=1S/C30H55NO4/c1-3-5-7-9-11-12-13-14-15-16-18-20-22-24-29(34)28(26-32)31-30(35)25-27(33)23-21-19-17-10-8-6-4-2/h15-16,19,21-22,24,27-29,32-34H,3-14,17-18,20,23,25-26H2,1-2H3,(H,31,35)/b16-15+,21-19-,24-22+. The zero-order valence-corrected chi connectivity index (χ0v) is 22.7. The molecule has 0 bridgehead atoms. The zero-order chi connectivity index (χ0) is 26.0. The van der Waals surface area contributed by atoms with E-state index in [0.29, 0.717) is 6.42 Å². The Kier molecular flexibility index (Phi) is 24.6.